The average Bonchev–Trinajstić information content (AvgIpc) is 2.52. The lowest BCUT2D eigenvalue weighted by Crippen LogP contribution is -2.25. The van der Waals surface area contributed by atoms with E-state index in [2.05, 4.69) is 9.50 Å². The number of carbonyl (C=O) groups is 1. The van der Waals surface area contributed by atoms with E-state index in [1.54, 1.807) is 6.07 Å². The van der Waals surface area contributed by atoms with Gasteiger partial charge in [-0.25, -0.2) is 0 Å². The first-order valence-corrected chi connectivity index (χ1v) is 8.09. The summed E-state index contributed by atoms with van der Waals surface area (Å²) in [5.41, 5.74) is 0.217. The first kappa shape index (κ1) is 18.5. The summed E-state index contributed by atoms with van der Waals surface area (Å²) in [6.45, 7) is 2.32. The number of benzene rings is 1. The van der Waals surface area contributed by atoms with Crippen molar-refractivity contribution in [3.63, 3.8) is 0 Å². The molecule has 0 atom stereocenters. The second-order valence-corrected chi connectivity index (χ2v) is 5.88. The van der Waals surface area contributed by atoms with E-state index in [1.165, 1.54) is 24.3 Å². The van der Waals surface area contributed by atoms with Gasteiger partial charge in [0.2, 0.25) is 0 Å². The van der Waals surface area contributed by atoms with Crippen molar-refractivity contribution >= 4 is 22.3 Å². The van der Waals surface area contributed by atoms with Crippen LogP contribution in [0, 0.1) is 11.3 Å². The maximum atomic E-state index is 11.7. The van der Waals surface area contributed by atoms with Gasteiger partial charge < -0.3 is 14.6 Å². The van der Waals surface area contributed by atoms with Crippen LogP contribution >= 0.6 is 0 Å². The number of carbonyl (C=O) groups excluding carboxylic acids is 1. The molecule has 0 fully saturated rings. The fourth-order valence-corrected chi connectivity index (χ4v) is 1.96. The molecule has 0 radical (unpaired) electrons. The fourth-order valence-electron chi connectivity index (χ4n) is 1.50. The Labute approximate surface area is 134 Å². The molecule has 0 spiro atoms. The summed E-state index contributed by atoms with van der Waals surface area (Å²) < 4.78 is 29.1. The quantitative estimate of drug-likeness (QED) is 0.495. The van der Waals surface area contributed by atoms with Crippen molar-refractivity contribution in [2.75, 3.05) is 13.6 Å². The van der Waals surface area contributed by atoms with Crippen molar-refractivity contribution in [3.05, 3.63) is 29.3 Å². The molecule has 8 nitrogen and oxygen atoms in total. The minimum absolute atomic E-state index is 0.130. The molecular weight excluding hydrogens is 322 g/mol. The number of phenols is 1. The van der Waals surface area contributed by atoms with Crippen molar-refractivity contribution in [3.8, 4) is 17.6 Å². The van der Waals surface area contributed by atoms with Crippen molar-refractivity contribution < 1.29 is 22.5 Å². The fraction of sp³-hybridized carbons (Fsp3) is 0.286. The van der Waals surface area contributed by atoms with Crippen LogP contribution in [0.15, 0.2) is 23.8 Å². The van der Waals surface area contributed by atoms with Crippen LogP contribution in [0.25, 0.3) is 6.08 Å². The van der Waals surface area contributed by atoms with Gasteiger partial charge in [0.1, 0.15) is 11.6 Å². The smallest absolute Gasteiger partial charge is 0.382 e. The molecule has 0 aliphatic carbocycles. The van der Waals surface area contributed by atoms with Gasteiger partial charge in [-0.3, -0.25) is 4.79 Å². The SMILES string of the molecule is CCCNC(=O)C(C#N)=Cc1ccc(OS(=O)(=O)NC)c(O)c1. The summed E-state index contributed by atoms with van der Waals surface area (Å²) in [6.07, 6.45) is 2.01. The van der Waals surface area contributed by atoms with Gasteiger partial charge >= 0.3 is 10.3 Å². The Hall–Kier alpha value is -2.57. The molecule has 0 heterocycles. The Morgan fingerprint density at radius 1 is 1.48 bits per heavy atom. The van der Waals surface area contributed by atoms with E-state index in [1.807, 2.05) is 11.6 Å². The van der Waals surface area contributed by atoms with Crippen molar-refractivity contribution in [2.24, 2.45) is 0 Å². The summed E-state index contributed by atoms with van der Waals surface area (Å²) in [4.78, 5) is 11.7. The number of phenolic OH excluding ortho intramolecular Hbond substituents is 1. The molecule has 0 aromatic heterocycles. The topological polar surface area (TPSA) is 129 Å². The molecule has 0 saturated heterocycles. The van der Waals surface area contributed by atoms with E-state index in [0.29, 0.717) is 12.1 Å². The van der Waals surface area contributed by atoms with E-state index in [0.717, 1.165) is 13.5 Å². The van der Waals surface area contributed by atoms with Gasteiger partial charge in [0.15, 0.2) is 11.5 Å². The molecule has 0 bridgehead atoms. The summed E-state index contributed by atoms with van der Waals surface area (Å²) in [5, 5.41) is 21.4. The number of hydrogen-bond donors (Lipinski definition) is 3. The third-order valence-corrected chi connectivity index (χ3v) is 3.54. The zero-order valence-corrected chi connectivity index (χ0v) is 13.5. The molecule has 1 aromatic carbocycles. The Kier molecular flexibility index (Phi) is 6.56. The minimum Gasteiger partial charge on any atom is -0.504 e. The molecular formula is C14H17N3O5S. The Balaban J connectivity index is 3.02. The number of nitriles is 1. The summed E-state index contributed by atoms with van der Waals surface area (Å²) in [7, 11) is -2.84. The molecule has 0 unspecified atom stereocenters. The number of amides is 1. The highest BCUT2D eigenvalue weighted by atomic mass is 32.2. The number of nitrogens with one attached hydrogen (secondary N) is 2. The number of aromatic hydroxyl groups is 1. The van der Waals surface area contributed by atoms with Crippen LogP contribution in [0.5, 0.6) is 11.5 Å². The lowest BCUT2D eigenvalue weighted by molar-refractivity contribution is -0.117. The zero-order valence-electron chi connectivity index (χ0n) is 12.7. The predicted octanol–water partition coefficient (Wildman–Crippen LogP) is 0.668. The first-order chi connectivity index (χ1) is 10.8. The van der Waals surface area contributed by atoms with Crippen LogP contribution in [-0.4, -0.2) is 33.0 Å². The summed E-state index contributed by atoms with van der Waals surface area (Å²) >= 11 is 0. The highest BCUT2D eigenvalue weighted by Crippen LogP contribution is 2.28. The van der Waals surface area contributed by atoms with Gasteiger partial charge in [0, 0.05) is 13.6 Å². The Morgan fingerprint density at radius 2 is 2.17 bits per heavy atom. The van der Waals surface area contributed by atoms with Gasteiger partial charge in [-0.15, -0.1) is 0 Å². The molecule has 23 heavy (non-hydrogen) atoms. The van der Waals surface area contributed by atoms with Crippen LogP contribution < -0.4 is 14.2 Å². The molecule has 1 rings (SSSR count). The van der Waals surface area contributed by atoms with Gasteiger partial charge in [0.25, 0.3) is 5.91 Å². The minimum atomic E-state index is -4.00. The summed E-state index contributed by atoms with van der Waals surface area (Å²) in [6, 6.07) is 5.58. The van der Waals surface area contributed by atoms with Crippen molar-refractivity contribution in [1.29, 1.82) is 5.26 Å². The Morgan fingerprint density at radius 3 is 2.70 bits per heavy atom. The third kappa shape index (κ3) is 5.61. The second-order valence-electron chi connectivity index (χ2n) is 4.39. The monoisotopic (exact) mass is 339 g/mol. The molecule has 1 aromatic rings. The molecule has 1 amide bonds. The van der Waals surface area contributed by atoms with Gasteiger partial charge in [-0.2, -0.15) is 18.4 Å². The number of hydrogen-bond acceptors (Lipinski definition) is 6. The molecule has 9 heteroatoms. The van der Waals surface area contributed by atoms with E-state index in [4.69, 9.17) is 5.26 Å². The third-order valence-electron chi connectivity index (χ3n) is 2.64. The zero-order chi connectivity index (χ0) is 17.5. The van der Waals surface area contributed by atoms with Crippen molar-refractivity contribution in [1.82, 2.24) is 10.0 Å². The Bertz CT molecular complexity index is 750. The van der Waals surface area contributed by atoms with Gasteiger partial charge in [-0.05, 0) is 30.2 Å². The predicted molar refractivity (Wildman–Crippen MR) is 83.6 cm³/mol. The highest BCUT2D eigenvalue weighted by Gasteiger charge is 2.14. The molecule has 0 saturated carbocycles. The normalized spacial score (nSPS) is 11.6. The standard InChI is InChI=1S/C14H17N3O5S/c1-3-6-17-14(19)11(9-15)7-10-4-5-13(12(18)8-10)22-23(20,21)16-2/h4-5,7-8,16,18H,3,6H2,1-2H3,(H,17,19). The number of rotatable bonds is 7. The maximum absolute atomic E-state index is 11.7. The van der Waals surface area contributed by atoms with E-state index in [-0.39, 0.29) is 11.3 Å². The highest BCUT2D eigenvalue weighted by molar-refractivity contribution is 7.85. The van der Waals surface area contributed by atoms with Crippen LogP contribution in [0.3, 0.4) is 0 Å². The lowest BCUT2D eigenvalue weighted by Gasteiger charge is -2.08. The van der Waals surface area contributed by atoms with E-state index >= 15 is 0 Å². The largest absolute Gasteiger partial charge is 0.504 e. The molecule has 0 aliphatic heterocycles. The van der Waals surface area contributed by atoms with Gasteiger partial charge in [0.05, 0.1) is 0 Å². The maximum Gasteiger partial charge on any atom is 0.382 e. The second kappa shape index (κ2) is 8.17. The molecule has 3 N–H and O–H groups in total. The molecule has 0 aliphatic rings. The van der Waals surface area contributed by atoms with Crippen LogP contribution in [0.4, 0.5) is 0 Å². The lowest BCUT2D eigenvalue weighted by atomic mass is 10.1. The summed E-state index contributed by atoms with van der Waals surface area (Å²) in [5.74, 6) is -1.23. The first-order valence-electron chi connectivity index (χ1n) is 6.69. The van der Waals surface area contributed by atoms with E-state index < -0.39 is 22.0 Å². The van der Waals surface area contributed by atoms with Crippen LogP contribution in [0.2, 0.25) is 0 Å². The number of nitrogens with zero attached hydrogens (tertiary/aromatic N) is 1. The van der Waals surface area contributed by atoms with E-state index in [9.17, 15) is 18.3 Å². The van der Waals surface area contributed by atoms with Crippen molar-refractivity contribution in [2.45, 2.75) is 13.3 Å². The molecule has 124 valence electrons. The average molecular weight is 339 g/mol. The van der Waals surface area contributed by atoms with Gasteiger partial charge in [-0.1, -0.05) is 13.0 Å². The van der Waals surface area contributed by atoms with Crippen LogP contribution in [0.1, 0.15) is 18.9 Å². The van der Waals surface area contributed by atoms with Crippen LogP contribution in [-0.2, 0) is 15.1 Å².